The van der Waals surface area contributed by atoms with Crippen molar-refractivity contribution < 1.29 is 9.59 Å². The number of piperidine rings is 1. The van der Waals surface area contributed by atoms with Crippen molar-refractivity contribution in [3.05, 3.63) is 0 Å². The van der Waals surface area contributed by atoms with Gasteiger partial charge < -0.3 is 16.0 Å². The molecule has 1 atom stereocenters. The van der Waals surface area contributed by atoms with E-state index in [4.69, 9.17) is 5.73 Å². The smallest absolute Gasteiger partial charge is 0.239 e. The molecule has 1 aliphatic rings. The third-order valence-corrected chi connectivity index (χ3v) is 2.54. The van der Waals surface area contributed by atoms with Crippen molar-refractivity contribution in [3.63, 3.8) is 0 Å². The highest BCUT2D eigenvalue weighted by molar-refractivity contribution is 5.85. The van der Waals surface area contributed by atoms with Crippen LogP contribution in [0.5, 0.6) is 0 Å². The number of hydrogen-bond donors (Lipinski definition) is 2. The Labute approximate surface area is 83.6 Å². The fourth-order valence-electron chi connectivity index (χ4n) is 1.59. The first-order valence-corrected chi connectivity index (χ1v) is 4.85. The van der Waals surface area contributed by atoms with E-state index in [0.29, 0.717) is 25.4 Å². The molecule has 1 unspecified atom stereocenters. The van der Waals surface area contributed by atoms with Gasteiger partial charge in [-0.1, -0.05) is 0 Å². The predicted molar refractivity (Wildman–Crippen MR) is 52.4 cm³/mol. The summed E-state index contributed by atoms with van der Waals surface area (Å²) >= 11 is 0. The van der Waals surface area contributed by atoms with E-state index in [9.17, 15) is 9.59 Å². The number of likely N-dealkylation sites (tertiary alicyclic amines) is 1. The van der Waals surface area contributed by atoms with Crippen molar-refractivity contribution in [1.82, 2.24) is 10.2 Å². The monoisotopic (exact) mass is 199 g/mol. The van der Waals surface area contributed by atoms with E-state index in [0.717, 1.165) is 6.42 Å². The van der Waals surface area contributed by atoms with Crippen LogP contribution in [0.15, 0.2) is 0 Å². The molecule has 0 aromatic heterocycles. The highest BCUT2D eigenvalue weighted by Gasteiger charge is 2.25. The van der Waals surface area contributed by atoms with Crippen LogP contribution in [-0.2, 0) is 9.59 Å². The van der Waals surface area contributed by atoms with Crippen LogP contribution in [-0.4, -0.2) is 43.4 Å². The van der Waals surface area contributed by atoms with E-state index in [1.807, 2.05) is 0 Å². The molecule has 14 heavy (non-hydrogen) atoms. The summed E-state index contributed by atoms with van der Waals surface area (Å²) in [5, 5.41) is 2.50. The molecule has 1 saturated heterocycles. The molecule has 1 aliphatic heterocycles. The Kier molecular flexibility index (Phi) is 3.88. The van der Waals surface area contributed by atoms with Gasteiger partial charge in [0.2, 0.25) is 11.8 Å². The summed E-state index contributed by atoms with van der Waals surface area (Å²) in [6.07, 6.45) is 1.36. The number of nitrogens with zero attached hydrogens (tertiary/aromatic N) is 1. The average Bonchev–Trinajstić information content (AvgIpc) is 2.21. The van der Waals surface area contributed by atoms with Gasteiger partial charge >= 0.3 is 0 Å². The molecule has 1 rings (SSSR count). The molecule has 0 spiro atoms. The normalized spacial score (nSPS) is 22.3. The summed E-state index contributed by atoms with van der Waals surface area (Å²) in [5.74, 6) is 0.270. The molecule has 80 valence electrons. The highest BCUT2D eigenvalue weighted by Crippen LogP contribution is 2.15. The predicted octanol–water partition coefficient (Wildman–Crippen LogP) is -1.07. The summed E-state index contributed by atoms with van der Waals surface area (Å²) < 4.78 is 0. The zero-order valence-electron chi connectivity index (χ0n) is 8.45. The van der Waals surface area contributed by atoms with E-state index < -0.39 is 0 Å². The molecule has 2 amide bonds. The number of nitrogens with two attached hydrogens (primary N) is 1. The van der Waals surface area contributed by atoms with Crippen molar-refractivity contribution in [2.45, 2.75) is 12.8 Å². The Morgan fingerprint density at radius 2 is 2.43 bits per heavy atom. The second-order valence-corrected chi connectivity index (χ2v) is 3.59. The van der Waals surface area contributed by atoms with Crippen LogP contribution in [0.4, 0.5) is 0 Å². The van der Waals surface area contributed by atoms with Gasteiger partial charge in [-0.05, 0) is 18.9 Å². The molecule has 0 aromatic carbocycles. The minimum Gasteiger partial charge on any atom is -0.358 e. The molecule has 5 nitrogen and oxygen atoms in total. The van der Waals surface area contributed by atoms with E-state index in [-0.39, 0.29) is 18.4 Å². The van der Waals surface area contributed by atoms with Crippen LogP contribution in [0.25, 0.3) is 0 Å². The quantitative estimate of drug-likeness (QED) is 0.607. The summed E-state index contributed by atoms with van der Waals surface area (Å²) in [6, 6.07) is 0. The first-order chi connectivity index (χ1) is 6.67. The average molecular weight is 199 g/mol. The van der Waals surface area contributed by atoms with Gasteiger partial charge in [-0.25, -0.2) is 0 Å². The zero-order valence-corrected chi connectivity index (χ0v) is 8.45. The van der Waals surface area contributed by atoms with Crippen molar-refractivity contribution in [2.24, 2.45) is 11.7 Å². The maximum Gasteiger partial charge on any atom is 0.239 e. The molecule has 0 aliphatic carbocycles. The number of hydrogen-bond acceptors (Lipinski definition) is 3. The molecule has 5 heteroatoms. The summed E-state index contributed by atoms with van der Waals surface area (Å²) in [5.41, 5.74) is 5.54. The van der Waals surface area contributed by atoms with Gasteiger partial charge in [-0.3, -0.25) is 9.59 Å². The minimum absolute atomic E-state index is 0.0540. The molecule has 0 aromatic rings. The second kappa shape index (κ2) is 4.95. The largest absolute Gasteiger partial charge is 0.358 e. The minimum atomic E-state index is -0.129. The lowest BCUT2D eigenvalue weighted by Crippen LogP contribution is -2.46. The molecule has 0 radical (unpaired) electrons. The Morgan fingerprint density at radius 1 is 1.71 bits per heavy atom. The number of nitrogens with one attached hydrogen (secondary N) is 1. The summed E-state index contributed by atoms with van der Waals surface area (Å²) in [4.78, 5) is 24.1. The van der Waals surface area contributed by atoms with Gasteiger partial charge in [-0.2, -0.15) is 0 Å². The van der Waals surface area contributed by atoms with Crippen LogP contribution in [0.2, 0.25) is 0 Å². The lowest BCUT2D eigenvalue weighted by atomic mass is 9.98. The molecular weight excluding hydrogens is 182 g/mol. The SMILES string of the molecule is CNC(=O)CN1CC(CN)CCC1=O. The first kappa shape index (κ1) is 11.0. The van der Waals surface area contributed by atoms with Gasteiger partial charge in [0.25, 0.3) is 0 Å². The van der Waals surface area contributed by atoms with Gasteiger partial charge in [0.15, 0.2) is 0 Å². The van der Waals surface area contributed by atoms with E-state index in [1.54, 1.807) is 11.9 Å². The van der Waals surface area contributed by atoms with Gasteiger partial charge in [0.1, 0.15) is 0 Å². The fourth-order valence-corrected chi connectivity index (χ4v) is 1.59. The second-order valence-electron chi connectivity index (χ2n) is 3.59. The molecule has 1 heterocycles. The molecule has 1 fully saturated rings. The van der Waals surface area contributed by atoms with Crippen LogP contribution in [0.1, 0.15) is 12.8 Å². The third-order valence-electron chi connectivity index (χ3n) is 2.54. The standard InChI is InChI=1S/C9H17N3O2/c1-11-8(13)6-12-5-7(4-10)2-3-9(12)14/h7H,2-6,10H2,1H3,(H,11,13). The number of amides is 2. The van der Waals surface area contributed by atoms with Crippen molar-refractivity contribution in [2.75, 3.05) is 26.7 Å². The fraction of sp³-hybridized carbons (Fsp3) is 0.778. The van der Waals surface area contributed by atoms with E-state index in [1.165, 1.54) is 0 Å². The molecule has 0 bridgehead atoms. The van der Waals surface area contributed by atoms with Crippen LogP contribution >= 0.6 is 0 Å². The summed E-state index contributed by atoms with van der Waals surface area (Å²) in [7, 11) is 1.57. The van der Waals surface area contributed by atoms with Crippen LogP contribution in [0.3, 0.4) is 0 Å². The van der Waals surface area contributed by atoms with Gasteiger partial charge in [0.05, 0.1) is 6.54 Å². The maximum atomic E-state index is 11.4. The van der Waals surface area contributed by atoms with Crippen molar-refractivity contribution in [1.29, 1.82) is 0 Å². The zero-order chi connectivity index (χ0) is 10.6. The number of likely N-dealkylation sites (N-methyl/N-ethyl adjacent to an activating group) is 1. The van der Waals surface area contributed by atoms with Gasteiger partial charge in [0, 0.05) is 20.0 Å². The third kappa shape index (κ3) is 2.70. The first-order valence-electron chi connectivity index (χ1n) is 4.85. The Morgan fingerprint density at radius 3 is 3.00 bits per heavy atom. The van der Waals surface area contributed by atoms with E-state index >= 15 is 0 Å². The molecule has 0 saturated carbocycles. The lowest BCUT2D eigenvalue weighted by Gasteiger charge is -2.31. The number of rotatable bonds is 3. The highest BCUT2D eigenvalue weighted by atomic mass is 16.2. The number of carbonyl (C=O) groups is 2. The Hall–Kier alpha value is -1.10. The molecular formula is C9H17N3O2. The Balaban J connectivity index is 2.48. The van der Waals surface area contributed by atoms with Crippen LogP contribution < -0.4 is 11.1 Å². The van der Waals surface area contributed by atoms with Gasteiger partial charge in [-0.15, -0.1) is 0 Å². The summed E-state index contributed by atoms with van der Waals surface area (Å²) in [6.45, 7) is 1.35. The topological polar surface area (TPSA) is 75.4 Å². The lowest BCUT2D eigenvalue weighted by molar-refractivity contribution is -0.138. The van der Waals surface area contributed by atoms with Crippen molar-refractivity contribution in [3.8, 4) is 0 Å². The number of carbonyl (C=O) groups excluding carboxylic acids is 2. The Bertz CT molecular complexity index is 230. The molecule has 3 N–H and O–H groups in total. The van der Waals surface area contributed by atoms with Crippen LogP contribution in [0, 0.1) is 5.92 Å². The van der Waals surface area contributed by atoms with Crippen molar-refractivity contribution >= 4 is 11.8 Å². The van der Waals surface area contributed by atoms with E-state index in [2.05, 4.69) is 5.32 Å². The maximum absolute atomic E-state index is 11.4.